The predicted molar refractivity (Wildman–Crippen MR) is 120 cm³/mol. The number of ketones is 1. The van der Waals surface area contributed by atoms with Crippen molar-refractivity contribution in [2.75, 3.05) is 0 Å². The molecule has 2 aromatic carbocycles. The second-order valence-electron chi connectivity index (χ2n) is 6.89. The molecule has 156 valence electrons. The first-order chi connectivity index (χ1) is 14.9. The molecule has 2 heterocycles. The van der Waals surface area contributed by atoms with Crippen LogP contribution < -0.4 is 5.56 Å². The lowest BCUT2D eigenvalue weighted by Gasteiger charge is -2.07. The lowest BCUT2D eigenvalue weighted by Crippen LogP contribution is -2.29. The molecule has 0 spiro atoms. The Balaban J connectivity index is 1.61. The maximum Gasteiger partial charge on any atom is 0.376 e. The van der Waals surface area contributed by atoms with Gasteiger partial charge in [0.15, 0.2) is 0 Å². The zero-order valence-electron chi connectivity index (χ0n) is 16.5. The Morgan fingerprint density at radius 2 is 1.90 bits per heavy atom. The molecule has 4 rings (SSSR count). The summed E-state index contributed by atoms with van der Waals surface area (Å²) in [4.78, 5) is 43.4. The summed E-state index contributed by atoms with van der Waals surface area (Å²) in [6.45, 7) is 1.44. The minimum atomic E-state index is -0.993. The molecule has 8 heteroatoms. The summed E-state index contributed by atoms with van der Waals surface area (Å²) in [5, 5.41) is 0.953. The summed E-state index contributed by atoms with van der Waals surface area (Å²) >= 11 is 7.51. The Kier molecular flexibility index (Phi) is 5.97. The van der Waals surface area contributed by atoms with E-state index in [4.69, 9.17) is 16.3 Å². The molecule has 0 saturated carbocycles. The number of Topliss-reactive ketones (excluding diaryl/α,β-unsaturated/α-hetero) is 1. The molecule has 6 nitrogen and oxygen atoms in total. The van der Waals surface area contributed by atoms with Crippen molar-refractivity contribution >= 4 is 44.9 Å². The van der Waals surface area contributed by atoms with E-state index in [2.05, 4.69) is 4.98 Å². The van der Waals surface area contributed by atoms with Crippen LogP contribution in [0.2, 0.25) is 5.02 Å². The molecule has 0 atom stereocenters. The number of halogens is 1. The van der Waals surface area contributed by atoms with Gasteiger partial charge in [0.2, 0.25) is 0 Å². The highest BCUT2D eigenvalue weighted by Gasteiger charge is 2.21. The summed E-state index contributed by atoms with van der Waals surface area (Å²) in [6, 6.07) is 16.2. The largest absolute Gasteiger partial charge is 0.455 e. The van der Waals surface area contributed by atoms with Gasteiger partial charge < -0.3 is 4.74 Å². The highest BCUT2D eigenvalue weighted by Crippen LogP contribution is 2.36. The smallest absolute Gasteiger partial charge is 0.376 e. The molecule has 0 saturated heterocycles. The number of rotatable bonds is 6. The third kappa shape index (κ3) is 4.42. The van der Waals surface area contributed by atoms with E-state index in [9.17, 15) is 14.4 Å². The van der Waals surface area contributed by atoms with Crippen molar-refractivity contribution in [3.63, 3.8) is 0 Å². The molecule has 0 radical (unpaired) electrons. The summed E-state index contributed by atoms with van der Waals surface area (Å²) in [6.07, 6.45) is 1.28. The number of carbonyl (C=O) groups is 2. The van der Waals surface area contributed by atoms with Crippen LogP contribution in [0.4, 0.5) is 0 Å². The maximum atomic E-state index is 13.2. The Morgan fingerprint density at radius 1 is 1.13 bits per heavy atom. The molecule has 31 heavy (non-hydrogen) atoms. The zero-order chi connectivity index (χ0) is 22.0. The van der Waals surface area contributed by atoms with Gasteiger partial charge in [0.1, 0.15) is 11.4 Å². The molecule has 0 unspecified atom stereocenters. The highest BCUT2D eigenvalue weighted by atomic mass is 35.5. The fourth-order valence-corrected chi connectivity index (χ4v) is 4.46. The molecular formula is C23H17ClN2O4S. The average molecular weight is 453 g/mol. The Labute approximate surface area is 186 Å². The van der Waals surface area contributed by atoms with Crippen molar-refractivity contribution in [3.8, 4) is 11.1 Å². The monoisotopic (exact) mass is 452 g/mol. The highest BCUT2D eigenvalue weighted by molar-refractivity contribution is 7.19. The molecule has 2 aromatic heterocycles. The fourth-order valence-electron chi connectivity index (χ4n) is 3.26. The van der Waals surface area contributed by atoms with Crippen molar-refractivity contribution in [1.82, 2.24) is 9.55 Å². The van der Waals surface area contributed by atoms with Crippen LogP contribution in [0.15, 0.2) is 65.7 Å². The normalized spacial score (nSPS) is 10.9. The molecule has 0 N–H and O–H groups in total. The van der Waals surface area contributed by atoms with E-state index < -0.39 is 23.9 Å². The van der Waals surface area contributed by atoms with Crippen molar-refractivity contribution in [3.05, 3.63) is 86.7 Å². The van der Waals surface area contributed by atoms with E-state index in [1.54, 1.807) is 24.3 Å². The van der Waals surface area contributed by atoms with Crippen molar-refractivity contribution in [1.29, 1.82) is 0 Å². The van der Waals surface area contributed by atoms with Gasteiger partial charge in [-0.25, -0.2) is 9.78 Å². The summed E-state index contributed by atoms with van der Waals surface area (Å²) < 4.78 is 6.20. The first-order valence-corrected chi connectivity index (χ1v) is 10.6. The van der Waals surface area contributed by atoms with E-state index in [0.717, 1.165) is 26.1 Å². The second-order valence-corrected chi connectivity index (χ2v) is 8.53. The SMILES string of the molecule is Cc1sc2ncn(CC(=O)C(=O)OCc3ccccc3)c(=O)c2c1-c1cccc(Cl)c1. The van der Waals surface area contributed by atoms with E-state index in [1.807, 2.05) is 37.3 Å². The fraction of sp³-hybridized carbons (Fsp3) is 0.130. The van der Waals surface area contributed by atoms with Crippen LogP contribution in [0.5, 0.6) is 0 Å². The molecule has 0 aliphatic carbocycles. The van der Waals surface area contributed by atoms with Crippen LogP contribution in [0.25, 0.3) is 21.3 Å². The predicted octanol–water partition coefficient (Wildman–Crippen LogP) is 4.40. The lowest BCUT2D eigenvalue weighted by atomic mass is 10.0. The third-order valence-electron chi connectivity index (χ3n) is 4.72. The van der Waals surface area contributed by atoms with Gasteiger partial charge in [0.05, 0.1) is 18.3 Å². The molecule has 0 bridgehead atoms. The zero-order valence-corrected chi connectivity index (χ0v) is 18.1. The summed E-state index contributed by atoms with van der Waals surface area (Å²) in [5.41, 5.74) is 1.90. The number of hydrogen-bond acceptors (Lipinski definition) is 6. The molecule has 0 aliphatic heterocycles. The number of carbonyl (C=O) groups excluding carboxylic acids is 2. The van der Waals surface area contributed by atoms with Crippen LogP contribution in [0.3, 0.4) is 0 Å². The number of hydrogen-bond donors (Lipinski definition) is 0. The van der Waals surface area contributed by atoms with Crippen LogP contribution in [-0.2, 0) is 27.5 Å². The van der Waals surface area contributed by atoms with Gasteiger partial charge in [-0.05, 0) is 30.2 Å². The minimum absolute atomic E-state index is 0.0137. The molecular weight excluding hydrogens is 436 g/mol. The standard InChI is InChI=1S/C23H17ClN2O4S/c1-14-19(16-8-5-9-17(24)10-16)20-21(31-14)25-13-26(22(20)28)11-18(27)23(29)30-12-15-6-3-2-4-7-15/h2-10,13H,11-12H2,1H3. The number of benzene rings is 2. The molecule has 4 aromatic rings. The van der Waals surface area contributed by atoms with E-state index in [1.165, 1.54) is 17.7 Å². The number of aryl methyl sites for hydroxylation is 1. The number of thiophene rings is 1. The van der Waals surface area contributed by atoms with Crippen LogP contribution >= 0.6 is 22.9 Å². The minimum Gasteiger partial charge on any atom is -0.455 e. The summed E-state index contributed by atoms with van der Waals surface area (Å²) in [7, 11) is 0. The second kappa shape index (κ2) is 8.83. The van der Waals surface area contributed by atoms with Crippen LogP contribution in [-0.4, -0.2) is 21.3 Å². The van der Waals surface area contributed by atoms with Crippen molar-refractivity contribution < 1.29 is 14.3 Å². The first kappa shape index (κ1) is 21.0. The quantitative estimate of drug-likeness (QED) is 0.320. The molecule has 0 aliphatic rings. The van der Waals surface area contributed by atoms with Gasteiger partial charge >= 0.3 is 5.97 Å². The van der Waals surface area contributed by atoms with Gasteiger partial charge in [0.25, 0.3) is 11.3 Å². The lowest BCUT2D eigenvalue weighted by molar-refractivity contribution is -0.155. The Morgan fingerprint density at radius 3 is 2.65 bits per heavy atom. The topological polar surface area (TPSA) is 78.3 Å². The average Bonchev–Trinajstić information content (AvgIpc) is 3.11. The molecule has 0 amide bonds. The van der Waals surface area contributed by atoms with Gasteiger partial charge in [-0.2, -0.15) is 0 Å². The van der Waals surface area contributed by atoms with E-state index >= 15 is 0 Å². The number of esters is 1. The van der Waals surface area contributed by atoms with Gasteiger partial charge in [-0.1, -0.05) is 54.1 Å². The van der Waals surface area contributed by atoms with Gasteiger partial charge in [-0.3, -0.25) is 14.2 Å². The number of ether oxygens (including phenoxy) is 1. The molecule has 0 fully saturated rings. The number of fused-ring (bicyclic) bond motifs is 1. The number of aromatic nitrogens is 2. The van der Waals surface area contributed by atoms with Gasteiger partial charge in [-0.15, -0.1) is 11.3 Å². The Hall–Kier alpha value is -3.29. The number of nitrogens with zero attached hydrogens (tertiary/aromatic N) is 2. The third-order valence-corrected chi connectivity index (χ3v) is 5.97. The van der Waals surface area contributed by atoms with Crippen LogP contribution in [0.1, 0.15) is 10.4 Å². The summed E-state index contributed by atoms with van der Waals surface area (Å²) in [5.74, 6) is -1.82. The van der Waals surface area contributed by atoms with Gasteiger partial charge in [0, 0.05) is 15.5 Å². The first-order valence-electron chi connectivity index (χ1n) is 9.42. The van der Waals surface area contributed by atoms with Crippen molar-refractivity contribution in [2.24, 2.45) is 0 Å². The van der Waals surface area contributed by atoms with Crippen LogP contribution in [0, 0.1) is 6.92 Å². The van der Waals surface area contributed by atoms with E-state index in [0.29, 0.717) is 15.2 Å². The van der Waals surface area contributed by atoms with E-state index in [-0.39, 0.29) is 6.61 Å². The maximum absolute atomic E-state index is 13.2. The Bertz CT molecular complexity index is 1340. The van der Waals surface area contributed by atoms with Crippen molar-refractivity contribution in [2.45, 2.75) is 20.1 Å².